The predicted octanol–water partition coefficient (Wildman–Crippen LogP) is -2.34. The summed E-state index contributed by atoms with van der Waals surface area (Å²) in [5.41, 5.74) is 5.23. The van der Waals surface area contributed by atoms with Crippen molar-refractivity contribution in [2.75, 3.05) is 20.2 Å². The molecule has 13 nitrogen and oxygen atoms in total. The number of aromatic nitrogens is 4. The molecule has 1 saturated heterocycles. The third-order valence-corrected chi connectivity index (χ3v) is 3.84. The van der Waals surface area contributed by atoms with E-state index in [0.29, 0.717) is 12.1 Å². The maximum atomic E-state index is 11.5. The summed E-state index contributed by atoms with van der Waals surface area (Å²) in [6.07, 6.45) is 1.23. The molecule has 27 heavy (non-hydrogen) atoms. The van der Waals surface area contributed by atoms with Gasteiger partial charge < -0.3 is 35.7 Å². The van der Waals surface area contributed by atoms with Crippen molar-refractivity contribution >= 4 is 23.1 Å². The second kappa shape index (κ2) is 8.57. The minimum Gasteiger partial charge on any atom is -0.480 e. The van der Waals surface area contributed by atoms with Gasteiger partial charge in [-0.05, 0) is 0 Å². The van der Waals surface area contributed by atoms with E-state index in [0.717, 1.165) is 4.90 Å². The SMILES string of the molecule is CN(CC(=O)O)C(=N)N.O=c1[nH]cnc2c1ncn2[C@H]1C[C@H](O)[C@@H](CO)O1. The zero-order valence-corrected chi connectivity index (χ0v) is 14.4. The highest BCUT2D eigenvalue weighted by atomic mass is 16.5. The van der Waals surface area contributed by atoms with E-state index >= 15 is 0 Å². The van der Waals surface area contributed by atoms with E-state index < -0.39 is 24.4 Å². The van der Waals surface area contributed by atoms with Gasteiger partial charge in [0.05, 0.1) is 25.4 Å². The number of hydrogen-bond donors (Lipinski definition) is 6. The largest absolute Gasteiger partial charge is 0.480 e. The van der Waals surface area contributed by atoms with Crippen molar-refractivity contribution in [3.05, 3.63) is 23.0 Å². The van der Waals surface area contributed by atoms with Crippen molar-refractivity contribution in [1.82, 2.24) is 24.4 Å². The molecule has 0 spiro atoms. The highest BCUT2D eigenvalue weighted by Crippen LogP contribution is 2.29. The highest BCUT2D eigenvalue weighted by molar-refractivity contribution is 5.80. The lowest BCUT2D eigenvalue weighted by Crippen LogP contribution is -2.36. The second-order valence-electron chi connectivity index (χ2n) is 5.81. The molecule has 0 aliphatic carbocycles. The molecular formula is C14H21N7O6. The van der Waals surface area contributed by atoms with E-state index in [1.807, 2.05) is 0 Å². The number of carbonyl (C=O) groups is 1. The number of nitrogens with two attached hydrogens (primary N) is 1. The molecule has 0 saturated carbocycles. The van der Waals surface area contributed by atoms with Crippen molar-refractivity contribution in [2.45, 2.75) is 24.9 Å². The standard InChI is InChI=1S/C10H12N4O4.C4H9N3O2/c15-2-6-5(16)1-7(18-6)14-4-13-8-9(14)11-3-12-10(8)17;1-7(4(5)6)2-3(8)9/h3-7,15-16H,1-2H2,(H,11,12,17);2H2,1H3,(H3,5,6)(H,8,9)/t5-,6+,7+;/m0./s1. The normalized spacial score (nSPS) is 21.5. The quantitative estimate of drug-likeness (QED) is 0.245. The lowest BCUT2D eigenvalue weighted by molar-refractivity contribution is -0.137. The van der Waals surface area contributed by atoms with Gasteiger partial charge in [0, 0.05) is 13.5 Å². The fourth-order valence-corrected chi connectivity index (χ4v) is 2.41. The number of aliphatic hydroxyl groups is 2. The van der Waals surface area contributed by atoms with Gasteiger partial charge in [0.2, 0.25) is 0 Å². The van der Waals surface area contributed by atoms with E-state index in [-0.39, 0.29) is 30.2 Å². The Morgan fingerprint density at radius 1 is 1.56 bits per heavy atom. The zero-order chi connectivity index (χ0) is 20.1. The molecule has 7 N–H and O–H groups in total. The Kier molecular flexibility index (Phi) is 6.44. The number of carboxylic acid groups (broad SMARTS) is 1. The van der Waals surface area contributed by atoms with Gasteiger partial charge in [0.1, 0.15) is 18.9 Å². The van der Waals surface area contributed by atoms with Crippen LogP contribution in [0.2, 0.25) is 0 Å². The van der Waals surface area contributed by atoms with Crippen LogP contribution in [0.3, 0.4) is 0 Å². The minimum absolute atomic E-state index is 0.225. The number of likely N-dealkylation sites (N-methyl/N-ethyl adjacent to an activating group) is 1. The number of imidazole rings is 1. The monoisotopic (exact) mass is 383 g/mol. The number of fused-ring (bicyclic) bond motifs is 1. The van der Waals surface area contributed by atoms with Crippen LogP contribution >= 0.6 is 0 Å². The third kappa shape index (κ3) is 4.78. The first kappa shape index (κ1) is 20.3. The number of aliphatic hydroxyl groups excluding tert-OH is 2. The maximum absolute atomic E-state index is 11.5. The Hall–Kier alpha value is -3.03. The van der Waals surface area contributed by atoms with Gasteiger partial charge in [-0.15, -0.1) is 0 Å². The average molecular weight is 383 g/mol. The number of hydrogen-bond acceptors (Lipinski definition) is 8. The van der Waals surface area contributed by atoms with Gasteiger partial charge in [-0.2, -0.15) is 0 Å². The Balaban J connectivity index is 0.000000249. The first-order chi connectivity index (χ1) is 12.7. The molecule has 0 radical (unpaired) electrons. The van der Waals surface area contributed by atoms with Crippen molar-refractivity contribution in [3.63, 3.8) is 0 Å². The van der Waals surface area contributed by atoms with Crippen LogP contribution in [0.4, 0.5) is 0 Å². The molecule has 3 rings (SSSR count). The Labute approximate surface area is 152 Å². The van der Waals surface area contributed by atoms with Crippen LogP contribution in [0.25, 0.3) is 11.2 Å². The van der Waals surface area contributed by atoms with E-state index in [4.69, 9.17) is 26.1 Å². The summed E-state index contributed by atoms with van der Waals surface area (Å²) < 4.78 is 7.07. The molecule has 2 aromatic heterocycles. The predicted molar refractivity (Wildman–Crippen MR) is 91.9 cm³/mol. The Morgan fingerprint density at radius 3 is 2.78 bits per heavy atom. The van der Waals surface area contributed by atoms with Crippen molar-refractivity contribution < 1.29 is 24.9 Å². The highest BCUT2D eigenvalue weighted by Gasteiger charge is 2.35. The average Bonchev–Trinajstić information content (AvgIpc) is 3.18. The summed E-state index contributed by atoms with van der Waals surface area (Å²) in [4.78, 5) is 33.0. The number of ether oxygens (including phenoxy) is 1. The van der Waals surface area contributed by atoms with Crippen LogP contribution in [0.5, 0.6) is 0 Å². The van der Waals surface area contributed by atoms with Crippen LogP contribution in [0, 0.1) is 5.41 Å². The summed E-state index contributed by atoms with van der Waals surface area (Å²) in [6.45, 7) is -0.479. The van der Waals surface area contributed by atoms with Gasteiger partial charge in [-0.25, -0.2) is 9.97 Å². The molecule has 3 heterocycles. The number of nitrogens with zero attached hydrogens (tertiary/aromatic N) is 4. The third-order valence-electron chi connectivity index (χ3n) is 3.84. The van der Waals surface area contributed by atoms with E-state index in [9.17, 15) is 14.7 Å². The van der Waals surface area contributed by atoms with Gasteiger partial charge >= 0.3 is 5.97 Å². The molecule has 0 unspecified atom stereocenters. The molecule has 2 aromatic rings. The van der Waals surface area contributed by atoms with Crippen LogP contribution < -0.4 is 11.3 Å². The number of H-pyrrole nitrogens is 1. The molecule has 1 aliphatic heterocycles. The first-order valence-corrected chi connectivity index (χ1v) is 7.86. The lowest BCUT2D eigenvalue weighted by atomic mass is 10.2. The zero-order valence-electron chi connectivity index (χ0n) is 14.4. The van der Waals surface area contributed by atoms with E-state index in [1.165, 1.54) is 19.7 Å². The summed E-state index contributed by atoms with van der Waals surface area (Å²) in [7, 11) is 1.44. The molecule has 0 bridgehead atoms. The van der Waals surface area contributed by atoms with Gasteiger partial charge in [-0.3, -0.25) is 19.6 Å². The molecule has 1 fully saturated rings. The van der Waals surface area contributed by atoms with Crippen molar-refractivity contribution in [1.29, 1.82) is 5.41 Å². The van der Waals surface area contributed by atoms with Gasteiger partial charge in [0.25, 0.3) is 5.56 Å². The summed E-state index contributed by atoms with van der Waals surface area (Å²) in [6, 6.07) is 0. The summed E-state index contributed by atoms with van der Waals surface area (Å²) in [5.74, 6) is -1.23. The van der Waals surface area contributed by atoms with E-state index in [2.05, 4.69) is 15.0 Å². The number of rotatable bonds is 4. The van der Waals surface area contributed by atoms with Crippen LogP contribution in [0.15, 0.2) is 17.4 Å². The molecule has 1 aliphatic rings. The van der Waals surface area contributed by atoms with Gasteiger partial charge in [0.15, 0.2) is 17.1 Å². The summed E-state index contributed by atoms with van der Waals surface area (Å²) >= 11 is 0. The van der Waals surface area contributed by atoms with Crippen molar-refractivity contribution in [3.8, 4) is 0 Å². The van der Waals surface area contributed by atoms with E-state index in [1.54, 1.807) is 4.57 Å². The molecule has 0 aromatic carbocycles. The van der Waals surface area contributed by atoms with Crippen LogP contribution in [0.1, 0.15) is 12.6 Å². The Bertz CT molecular complexity index is 865. The minimum atomic E-state index is -0.993. The number of guanidine groups is 1. The maximum Gasteiger partial charge on any atom is 0.323 e. The topological polar surface area (TPSA) is 204 Å². The molecular weight excluding hydrogens is 362 g/mol. The molecule has 13 heteroatoms. The number of aromatic amines is 1. The second-order valence-corrected chi connectivity index (χ2v) is 5.81. The molecule has 0 amide bonds. The molecule has 148 valence electrons. The Morgan fingerprint density at radius 2 is 2.26 bits per heavy atom. The fraction of sp³-hybridized carbons (Fsp3) is 0.500. The summed E-state index contributed by atoms with van der Waals surface area (Å²) in [5, 5.41) is 33.6. The number of carboxylic acids is 1. The van der Waals surface area contributed by atoms with Crippen LogP contribution in [-0.4, -0.2) is 84.1 Å². The first-order valence-electron chi connectivity index (χ1n) is 7.86. The smallest absolute Gasteiger partial charge is 0.323 e. The number of aliphatic carboxylic acids is 1. The van der Waals surface area contributed by atoms with Gasteiger partial charge in [-0.1, -0.05) is 0 Å². The van der Waals surface area contributed by atoms with Crippen LogP contribution in [-0.2, 0) is 9.53 Å². The number of nitrogens with one attached hydrogen (secondary N) is 2. The fourth-order valence-electron chi connectivity index (χ4n) is 2.41. The lowest BCUT2D eigenvalue weighted by Gasteiger charge is -2.13. The van der Waals surface area contributed by atoms with Crippen molar-refractivity contribution in [2.24, 2.45) is 5.73 Å². The molecule has 3 atom stereocenters.